The first-order valence-corrected chi connectivity index (χ1v) is 18.5. The van der Waals surface area contributed by atoms with Gasteiger partial charge < -0.3 is 31.0 Å². The molecule has 0 saturated heterocycles. The highest BCUT2D eigenvalue weighted by Gasteiger charge is 2.13. The predicted octanol–water partition coefficient (Wildman–Crippen LogP) is 8.03. The van der Waals surface area contributed by atoms with Crippen molar-refractivity contribution in [2.75, 3.05) is 18.5 Å². The van der Waals surface area contributed by atoms with Crippen LogP contribution in [-0.2, 0) is 27.9 Å². The molecular weight excluding hydrogens is 665 g/mol. The third-order valence-electron chi connectivity index (χ3n) is 8.09. The van der Waals surface area contributed by atoms with Crippen molar-refractivity contribution >= 4 is 34.5 Å². The summed E-state index contributed by atoms with van der Waals surface area (Å²) in [7, 11) is 1.93. The monoisotopic (exact) mass is 720 g/mol. The molecule has 1 heterocycles. The van der Waals surface area contributed by atoms with Crippen LogP contribution in [0, 0.1) is 0 Å². The number of carbonyl (C=O) groups excluding carboxylic acids is 3. The Morgan fingerprint density at radius 3 is 1.98 bits per heavy atom. The third kappa shape index (κ3) is 16.2. The number of amides is 2. The molecule has 10 heteroatoms. The molecule has 0 bridgehead atoms. The number of aromatic nitrogens is 2. The van der Waals surface area contributed by atoms with E-state index < -0.39 is 6.17 Å². The molecule has 2 amide bonds. The van der Waals surface area contributed by atoms with Gasteiger partial charge in [-0.05, 0) is 81.3 Å². The van der Waals surface area contributed by atoms with Gasteiger partial charge in [0.2, 0.25) is 5.91 Å². The van der Waals surface area contributed by atoms with E-state index in [1.807, 2.05) is 54.1 Å². The zero-order valence-corrected chi connectivity index (χ0v) is 31.4. The van der Waals surface area contributed by atoms with Crippen molar-refractivity contribution in [2.24, 2.45) is 12.8 Å². The maximum absolute atomic E-state index is 12.6. The highest BCUT2D eigenvalue weighted by atomic mass is 16.5. The van der Waals surface area contributed by atoms with Gasteiger partial charge in [0.15, 0.2) is 0 Å². The van der Waals surface area contributed by atoms with Crippen molar-refractivity contribution in [3.63, 3.8) is 0 Å². The first-order valence-electron chi connectivity index (χ1n) is 18.5. The van der Waals surface area contributed by atoms with E-state index in [4.69, 9.17) is 15.5 Å². The molecule has 3 rings (SSSR count). The van der Waals surface area contributed by atoms with Gasteiger partial charge in [-0.1, -0.05) is 92.0 Å². The highest BCUT2D eigenvalue weighted by Crippen LogP contribution is 2.19. The van der Waals surface area contributed by atoms with E-state index >= 15 is 0 Å². The fourth-order valence-electron chi connectivity index (χ4n) is 5.18. The number of allylic oxidation sites excluding steroid dienone is 11. The normalized spacial score (nSPS) is 12.7. The van der Waals surface area contributed by atoms with Crippen LogP contribution in [0.15, 0.2) is 115 Å². The Hall–Kier alpha value is -5.48. The lowest BCUT2D eigenvalue weighted by Gasteiger charge is -2.14. The predicted molar refractivity (Wildman–Crippen MR) is 216 cm³/mol. The molecular formula is C43H56N6O4. The standard InChI is InChI=1S/C43H56N6O4/c1-4-6-7-8-9-10-11-12-13-14-15-16-17-18-19-20-21-22-23-40(50)48-42(44)34-24-27-36(28-25-34)46-33-39-47-37-32-35(26-29-38(37)49(39)3)43(52)45-31-30-41(51)53-5-2/h6-7,9-10,12-13,15-16,18-19,21-22,24-29,32,42,46H,4-5,8,11,14,17,20,23,30-31,33,44H2,1-3H3,(H,45,52)(H,48,50)/b7-6-,10-9-,13-12-,16-15-,19-18-,22-21-. The Bertz CT molecular complexity index is 1760. The van der Waals surface area contributed by atoms with Crippen molar-refractivity contribution < 1.29 is 19.1 Å². The van der Waals surface area contributed by atoms with Crippen LogP contribution in [0.3, 0.4) is 0 Å². The molecule has 0 saturated carbocycles. The maximum atomic E-state index is 12.6. The largest absolute Gasteiger partial charge is 0.466 e. The number of rotatable bonds is 23. The summed E-state index contributed by atoms with van der Waals surface area (Å²) in [4.78, 5) is 41.3. The molecule has 282 valence electrons. The lowest BCUT2D eigenvalue weighted by molar-refractivity contribution is -0.142. The number of nitrogens with two attached hydrogens (primary N) is 1. The fraction of sp³-hybridized carbons (Fsp3) is 0.349. The number of fused-ring (bicyclic) bond motifs is 1. The molecule has 0 fully saturated rings. The van der Waals surface area contributed by atoms with E-state index in [0.717, 1.165) is 61.1 Å². The summed E-state index contributed by atoms with van der Waals surface area (Å²) in [5, 5.41) is 8.97. The molecule has 1 unspecified atom stereocenters. The molecule has 2 aromatic carbocycles. The van der Waals surface area contributed by atoms with Crippen molar-refractivity contribution in [1.82, 2.24) is 20.2 Å². The Labute approximate surface area is 314 Å². The van der Waals surface area contributed by atoms with Crippen molar-refractivity contribution in [1.29, 1.82) is 0 Å². The number of aryl methyl sites for hydroxylation is 1. The molecule has 0 aliphatic carbocycles. The second-order valence-corrected chi connectivity index (χ2v) is 12.2. The second-order valence-electron chi connectivity index (χ2n) is 12.2. The number of esters is 1. The molecule has 5 N–H and O–H groups in total. The van der Waals surface area contributed by atoms with E-state index in [0.29, 0.717) is 24.2 Å². The summed E-state index contributed by atoms with van der Waals surface area (Å²) in [5.41, 5.74) is 9.99. The number of ether oxygens (including phenoxy) is 1. The number of benzene rings is 2. The van der Waals surface area contributed by atoms with E-state index in [9.17, 15) is 14.4 Å². The van der Waals surface area contributed by atoms with Crippen LogP contribution in [0.5, 0.6) is 0 Å². The Morgan fingerprint density at radius 2 is 1.40 bits per heavy atom. The van der Waals surface area contributed by atoms with Crippen LogP contribution in [-0.4, -0.2) is 40.5 Å². The lowest BCUT2D eigenvalue weighted by Crippen LogP contribution is -2.33. The molecule has 1 aromatic heterocycles. The number of imidazole rings is 1. The summed E-state index contributed by atoms with van der Waals surface area (Å²) >= 11 is 0. The van der Waals surface area contributed by atoms with Gasteiger partial charge in [-0.25, -0.2) is 4.98 Å². The molecule has 10 nitrogen and oxygen atoms in total. The lowest BCUT2D eigenvalue weighted by atomic mass is 10.1. The number of hydrogen-bond acceptors (Lipinski definition) is 7. The van der Waals surface area contributed by atoms with E-state index in [-0.39, 0.29) is 37.2 Å². The van der Waals surface area contributed by atoms with Crippen LogP contribution in [0.2, 0.25) is 0 Å². The van der Waals surface area contributed by atoms with Gasteiger partial charge in [0, 0.05) is 31.3 Å². The highest BCUT2D eigenvalue weighted by molar-refractivity contribution is 5.97. The van der Waals surface area contributed by atoms with Gasteiger partial charge in [-0.3, -0.25) is 14.4 Å². The quantitative estimate of drug-likeness (QED) is 0.0442. The second kappa shape index (κ2) is 24.7. The number of nitrogens with zero attached hydrogens (tertiary/aromatic N) is 2. The molecule has 0 radical (unpaired) electrons. The van der Waals surface area contributed by atoms with Crippen molar-refractivity contribution in [3.05, 3.63) is 132 Å². The van der Waals surface area contributed by atoms with Crippen molar-refractivity contribution in [3.8, 4) is 0 Å². The summed E-state index contributed by atoms with van der Waals surface area (Å²) in [6.45, 7) is 4.86. The van der Waals surface area contributed by atoms with Gasteiger partial charge in [-0.15, -0.1) is 0 Å². The third-order valence-corrected chi connectivity index (χ3v) is 8.09. The molecule has 1 atom stereocenters. The minimum Gasteiger partial charge on any atom is -0.466 e. The van der Waals surface area contributed by atoms with Crippen LogP contribution in [0.4, 0.5) is 5.69 Å². The van der Waals surface area contributed by atoms with Crippen LogP contribution in [0.1, 0.15) is 93.1 Å². The Morgan fingerprint density at radius 1 is 0.811 bits per heavy atom. The average molecular weight is 721 g/mol. The zero-order chi connectivity index (χ0) is 38.1. The molecule has 3 aromatic rings. The van der Waals surface area contributed by atoms with Crippen molar-refractivity contribution in [2.45, 2.75) is 77.9 Å². The number of anilines is 1. The number of hydrogen-bond donors (Lipinski definition) is 4. The summed E-state index contributed by atoms with van der Waals surface area (Å²) in [5.74, 6) is 0.0352. The molecule has 0 aliphatic rings. The van der Waals surface area contributed by atoms with E-state index in [1.54, 1.807) is 19.1 Å². The minimum atomic E-state index is -0.618. The molecule has 0 spiro atoms. The summed E-state index contributed by atoms with van der Waals surface area (Å²) in [6.07, 6.45) is 31.0. The summed E-state index contributed by atoms with van der Waals surface area (Å²) in [6, 6.07) is 12.9. The van der Waals surface area contributed by atoms with E-state index in [1.165, 1.54) is 0 Å². The summed E-state index contributed by atoms with van der Waals surface area (Å²) < 4.78 is 6.87. The average Bonchev–Trinajstić information content (AvgIpc) is 3.47. The maximum Gasteiger partial charge on any atom is 0.307 e. The topological polar surface area (TPSA) is 140 Å². The van der Waals surface area contributed by atoms with Gasteiger partial charge in [0.25, 0.3) is 5.91 Å². The first-order chi connectivity index (χ1) is 25.8. The van der Waals surface area contributed by atoms with E-state index in [2.05, 4.69) is 83.6 Å². The van der Waals surface area contributed by atoms with Gasteiger partial charge >= 0.3 is 5.97 Å². The SMILES string of the molecule is CC/C=C\C/C=C\C/C=C\C/C=C\C/C=C\C/C=C\CC(=O)NC(N)c1ccc(NCc2nc3cc(C(=O)NCCC(=O)OCC)ccc3n2C)cc1. The smallest absolute Gasteiger partial charge is 0.307 e. The number of carbonyl (C=O) groups is 3. The van der Waals surface area contributed by atoms with Gasteiger partial charge in [0.05, 0.1) is 30.6 Å². The number of nitrogens with one attached hydrogen (secondary N) is 3. The Balaban J connectivity index is 1.33. The molecule has 0 aliphatic heterocycles. The minimum absolute atomic E-state index is 0.119. The van der Waals surface area contributed by atoms with Crippen LogP contribution >= 0.6 is 0 Å². The fourth-order valence-corrected chi connectivity index (χ4v) is 5.18. The first kappa shape index (κ1) is 41.9. The Kier molecular flexibility index (Phi) is 19.5. The van der Waals surface area contributed by atoms with Gasteiger partial charge in [-0.2, -0.15) is 0 Å². The molecule has 53 heavy (non-hydrogen) atoms. The van der Waals surface area contributed by atoms with Crippen LogP contribution in [0.25, 0.3) is 11.0 Å². The van der Waals surface area contributed by atoms with Crippen LogP contribution < -0.4 is 21.7 Å². The van der Waals surface area contributed by atoms with Gasteiger partial charge in [0.1, 0.15) is 12.0 Å². The zero-order valence-electron chi connectivity index (χ0n) is 31.4.